The van der Waals surface area contributed by atoms with Gasteiger partial charge in [0.2, 0.25) is 0 Å². The molecule has 0 aliphatic rings. The van der Waals surface area contributed by atoms with Crippen molar-refractivity contribution < 1.29 is 4.42 Å². The summed E-state index contributed by atoms with van der Waals surface area (Å²) >= 11 is 0. The van der Waals surface area contributed by atoms with Crippen molar-refractivity contribution in [1.29, 1.82) is 0 Å². The number of hydrogen-bond donors (Lipinski definition) is 1. The van der Waals surface area contributed by atoms with Gasteiger partial charge in [-0.25, -0.2) is 0 Å². The molecule has 17 heavy (non-hydrogen) atoms. The zero-order valence-electron chi connectivity index (χ0n) is 11.5. The lowest BCUT2D eigenvalue weighted by Gasteiger charge is -2.20. The van der Waals surface area contributed by atoms with Crippen LogP contribution >= 0.6 is 0 Å². The Labute approximate surface area is 105 Å². The molecule has 0 aliphatic carbocycles. The van der Waals surface area contributed by atoms with Crippen LogP contribution in [0.15, 0.2) is 16.7 Å². The quantitative estimate of drug-likeness (QED) is 0.717. The first kappa shape index (κ1) is 14.3. The van der Waals surface area contributed by atoms with E-state index in [1.165, 1.54) is 18.4 Å². The van der Waals surface area contributed by atoms with Crippen LogP contribution in [0.2, 0.25) is 0 Å². The largest absolute Gasteiger partial charge is 0.468 e. The van der Waals surface area contributed by atoms with Gasteiger partial charge in [0.05, 0.1) is 12.8 Å². The first-order valence-electron chi connectivity index (χ1n) is 6.80. The summed E-state index contributed by atoms with van der Waals surface area (Å²) in [5.41, 5.74) is 1.30. The van der Waals surface area contributed by atoms with Crippen LogP contribution in [-0.4, -0.2) is 24.5 Å². The Balaban J connectivity index is 2.55. The Morgan fingerprint density at radius 3 is 2.47 bits per heavy atom. The van der Waals surface area contributed by atoms with Crippen LogP contribution in [0, 0.1) is 0 Å². The molecular weight excluding hydrogens is 212 g/mol. The minimum Gasteiger partial charge on any atom is -0.468 e. The highest BCUT2D eigenvalue weighted by atomic mass is 16.3. The maximum Gasteiger partial charge on any atom is 0.122 e. The third kappa shape index (κ3) is 4.92. The Morgan fingerprint density at radius 2 is 1.88 bits per heavy atom. The topological polar surface area (TPSA) is 28.4 Å². The molecule has 0 atom stereocenters. The highest BCUT2D eigenvalue weighted by Crippen LogP contribution is 2.13. The summed E-state index contributed by atoms with van der Waals surface area (Å²) in [6.07, 6.45) is 4.20. The molecule has 1 aromatic rings. The van der Waals surface area contributed by atoms with E-state index in [-0.39, 0.29) is 0 Å². The van der Waals surface area contributed by atoms with Crippen molar-refractivity contribution in [2.24, 2.45) is 0 Å². The third-order valence-electron chi connectivity index (χ3n) is 2.85. The number of nitrogens with zero attached hydrogens (tertiary/aromatic N) is 1. The normalized spacial score (nSPS) is 11.3. The molecule has 1 heterocycles. The number of rotatable bonds is 9. The standard InChI is InChI=1S/C14H26N2O/c1-4-8-16(9-5-2)12-14-13(7-10-17-14)11-15-6-3/h7,10,15H,4-6,8-9,11-12H2,1-3H3. The molecule has 0 aliphatic heterocycles. The van der Waals surface area contributed by atoms with Crippen molar-refractivity contribution in [3.63, 3.8) is 0 Å². The second kappa shape index (κ2) is 8.31. The third-order valence-corrected chi connectivity index (χ3v) is 2.85. The summed E-state index contributed by atoms with van der Waals surface area (Å²) in [6.45, 7) is 11.7. The summed E-state index contributed by atoms with van der Waals surface area (Å²) < 4.78 is 5.60. The van der Waals surface area contributed by atoms with Gasteiger partial charge in [0, 0.05) is 12.1 Å². The van der Waals surface area contributed by atoms with E-state index in [0.717, 1.165) is 38.5 Å². The summed E-state index contributed by atoms with van der Waals surface area (Å²) in [4.78, 5) is 2.47. The van der Waals surface area contributed by atoms with Crippen LogP contribution in [0.3, 0.4) is 0 Å². The molecule has 1 aromatic heterocycles. The molecule has 1 rings (SSSR count). The van der Waals surface area contributed by atoms with Gasteiger partial charge in [-0.1, -0.05) is 20.8 Å². The van der Waals surface area contributed by atoms with Crippen molar-refractivity contribution >= 4 is 0 Å². The molecule has 0 unspecified atom stereocenters. The summed E-state index contributed by atoms with van der Waals surface area (Å²) in [5, 5.41) is 3.35. The van der Waals surface area contributed by atoms with Crippen LogP contribution < -0.4 is 5.32 Å². The van der Waals surface area contributed by atoms with E-state index in [4.69, 9.17) is 4.42 Å². The maximum absolute atomic E-state index is 5.60. The molecule has 98 valence electrons. The lowest BCUT2D eigenvalue weighted by Crippen LogP contribution is -2.25. The van der Waals surface area contributed by atoms with Gasteiger partial charge in [-0.15, -0.1) is 0 Å². The predicted octanol–water partition coefficient (Wildman–Crippen LogP) is 3.01. The Kier molecular flexibility index (Phi) is 6.97. The number of hydrogen-bond acceptors (Lipinski definition) is 3. The van der Waals surface area contributed by atoms with Crippen LogP contribution in [0.25, 0.3) is 0 Å². The van der Waals surface area contributed by atoms with Gasteiger partial charge in [-0.3, -0.25) is 4.90 Å². The van der Waals surface area contributed by atoms with E-state index in [1.54, 1.807) is 6.26 Å². The van der Waals surface area contributed by atoms with E-state index < -0.39 is 0 Å². The monoisotopic (exact) mass is 238 g/mol. The average molecular weight is 238 g/mol. The lowest BCUT2D eigenvalue weighted by molar-refractivity contribution is 0.243. The van der Waals surface area contributed by atoms with Gasteiger partial charge in [-0.05, 0) is 38.5 Å². The van der Waals surface area contributed by atoms with E-state index >= 15 is 0 Å². The van der Waals surface area contributed by atoms with Crippen molar-refractivity contribution in [3.8, 4) is 0 Å². The zero-order chi connectivity index (χ0) is 12.5. The number of furan rings is 1. The molecule has 1 N–H and O–H groups in total. The lowest BCUT2D eigenvalue weighted by atomic mass is 10.2. The molecule has 0 saturated carbocycles. The average Bonchev–Trinajstić information content (AvgIpc) is 2.74. The minimum atomic E-state index is 0.911. The fourth-order valence-electron chi connectivity index (χ4n) is 2.03. The molecule has 0 spiro atoms. The van der Waals surface area contributed by atoms with E-state index in [0.29, 0.717) is 0 Å². The second-order valence-electron chi connectivity index (χ2n) is 4.43. The Bertz CT molecular complexity index is 290. The fraction of sp³-hybridized carbons (Fsp3) is 0.714. The second-order valence-corrected chi connectivity index (χ2v) is 4.43. The van der Waals surface area contributed by atoms with Crippen molar-refractivity contribution in [3.05, 3.63) is 23.7 Å². The Morgan fingerprint density at radius 1 is 1.18 bits per heavy atom. The minimum absolute atomic E-state index is 0.911. The first-order valence-corrected chi connectivity index (χ1v) is 6.80. The van der Waals surface area contributed by atoms with Crippen LogP contribution in [0.4, 0.5) is 0 Å². The highest BCUT2D eigenvalue weighted by molar-refractivity contribution is 5.16. The highest BCUT2D eigenvalue weighted by Gasteiger charge is 2.10. The molecule has 0 radical (unpaired) electrons. The fourth-order valence-corrected chi connectivity index (χ4v) is 2.03. The van der Waals surface area contributed by atoms with Gasteiger partial charge in [0.1, 0.15) is 5.76 Å². The van der Waals surface area contributed by atoms with Gasteiger partial charge in [0.25, 0.3) is 0 Å². The summed E-state index contributed by atoms with van der Waals surface area (Å²) in [6, 6.07) is 2.08. The summed E-state index contributed by atoms with van der Waals surface area (Å²) in [5.74, 6) is 1.12. The predicted molar refractivity (Wildman–Crippen MR) is 71.9 cm³/mol. The molecule has 3 heteroatoms. The van der Waals surface area contributed by atoms with E-state index in [1.807, 2.05) is 0 Å². The molecule has 0 fully saturated rings. The van der Waals surface area contributed by atoms with Crippen LogP contribution in [0.1, 0.15) is 44.9 Å². The SMILES string of the molecule is CCCN(CCC)Cc1occc1CNCC. The molecule has 0 aromatic carbocycles. The van der Waals surface area contributed by atoms with Crippen molar-refractivity contribution in [2.45, 2.75) is 46.7 Å². The maximum atomic E-state index is 5.60. The molecule has 3 nitrogen and oxygen atoms in total. The molecule has 0 saturated heterocycles. The first-order chi connectivity index (χ1) is 8.31. The Hall–Kier alpha value is -0.800. The van der Waals surface area contributed by atoms with E-state index in [9.17, 15) is 0 Å². The molecule has 0 amide bonds. The van der Waals surface area contributed by atoms with Gasteiger partial charge < -0.3 is 9.73 Å². The smallest absolute Gasteiger partial charge is 0.122 e. The van der Waals surface area contributed by atoms with Gasteiger partial charge in [-0.2, -0.15) is 0 Å². The number of nitrogens with one attached hydrogen (secondary N) is 1. The summed E-state index contributed by atoms with van der Waals surface area (Å²) in [7, 11) is 0. The van der Waals surface area contributed by atoms with Gasteiger partial charge in [0.15, 0.2) is 0 Å². The molecule has 0 bridgehead atoms. The van der Waals surface area contributed by atoms with Gasteiger partial charge >= 0.3 is 0 Å². The van der Waals surface area contributed by atoms with Crippen LogP contribution in [0.5, 0.6) is 0 Å². The zero-order valence-corrected chi connectivity index (χ0v) is 11.5. The van der Waals surface area contributed by atoms with Crippen molar-refractivity contribution in [1.82, 2.24) is 10.2 Å². The van der Waals surface area contributed by atoms with Crippen molar-refractivity contribution in [2.75, 3.05) is 19.6 Å². The molecular formula is C14H26N2O. The van der Waals surface area contributed by atoms with Crippen LogP contribution in [-0.2, 0) is 13.1 Å². The van der Waals surface area contributed by atoms with E-state index in [2.05, 4.69) is 37.1 Å².